The number of amides is 1. The summed E-state index contributed by atoms with van der Waals surface area (Å²) >= 11 is 0. The Hall–Kier alpha value is -2.31. The zero-order valence-corrected chi connectivity index (χ0v) is 12.3. The predicted molar refractivity (Wildman–Crippen MR) is 78.1 cm³/mol. The number of carbonyl (C=O) groups excluding carboxylic acids is 2. The normalized spacial score (nSPS) is 15.3. The molecule has 1 amide bonds. The van der Waals surface area contributed by atoms with Crippen LogP contribution in [0.25, 0.3) is 10.9 Å². The van der Waals surface area contributed by atoms with E-state index < -0.39 is 17.5 Å². The van der Waals surface area contributed by atoms with E-state index in [1.165, 1.54) is 10.6 Å². The first-order valence-corrected chi connectivity index (χ1v) is 7.35. The highest BCUT2D eigenvalue weighted by atomic mass is 19.4. The number of ketones is 1. The molecule has 0 bridgehead atoms. The Morgan fingerprint density at radius 1 is 1.09 bits per heavy atom. The van der Waals surface area contributed by atoms with Crippen LogP contribution in [0.4, 0.5) is 13.2 Å². The van der Waals surface area contributed by atoms with Crippen molar-refractivity contribution < 1.29 is 22.8 Å². The number of hydrogen-bond acceptors (Lipinski definition) is 2. The third-order valence-corrected chi connectivity index (χ3v) is 4.06. The number of nitrogens with zero attached hydrogens (tertiary/aromatic N) is 2. The van der Waals surface area contributed by atoms with Crippen LogP contribution in [0.1, 0.15) is 23.2 Å². The van der Waals surface area contributed by atoms with Gasteiger partial charge in [0.2, 0.25) is 5.91 Å². The maximum absolute atomic E-state index is 12.7. The van der Waals surface area contributed by atoms with Crippen LogP contribution in [0, 0.1) is 0 Å². The first-order valence-electron chi connectivity index (χ1n) is 7.35. The van der Waals surface area contributed by atoms with Crippen LogP contribution in [0.2, 0.25) is 0 Å². The summed E-state index contributed by atoms with van der Waals surface area (Å²) in [6, 6.07) is 6.31. The van der Waals surface area contributed by atoms with Crippen LogP contribution in [-0.2, 0) is 11.3 Å². The van der Waals surface area contributed by atoms with E-state index in [9.17, 15) is 22.8 Å². The molecule has 3 rings (SSSR count). The smallest absolute Gasteiger partial charge is 0.341 e. The predicted octanol–water partition coefficient (Wildman–Crippen LogP) is 3.01. The van der Waals surface area contributed by atoms with Gasteiger partial charge in [0.15, 0.2) is 0 Å². The molecular formula is C16H15F3N2O2. The summed E-state index contributed by atoms with van der Waals surface area (Å²) in [6.45, 7) is 1.28. The van der Waals surface area contributed by atoms with Crippen molar-refractivity contribution in [2.45, 2.75) is 25.6 Å². The van der Waals surface area contributed by atoms with Gasteiger partial charge in [0.05, 0.1) is 5.56 Å². The van der Waals surface area contributed by atoms with Crippen LogP contribution in [-0.4, -0.2) is 40.4 Å². The van der Waals surface area contributed by atoms with Gasteiger partial charge in [0.25, 0.3) is 5.78 Å². The lowest BCUT2D eigenvalue weighted by molar-refractivity contribution is -0.130. The number of rotatable bonds is 3. The number of likely N-dealkylation sites (tertiary alicyclic amines) is 1. The minimum atomic E-state index is -4.94. The standard InChI is InChI=1S/C16H15F3N2O2/c17-16(18,19)15(23)12-9-21(13-6-2-1-5-11(12)13)10-14(22)20-7-3-4-8-20/h1-2,5-6,9H,3-4,7-8,10H2. The molecule has 1 fully saturated rings. The van der Waals surface area contributed by atoms with E-state index in [-0.39, 0.29) is 17.8 Å². The zero-order chi connectivity index (χ0) is 16.6. The number of Topliss-reactive ketones (excluding diaryl/α,β-unsaturated/α-hetero) is 1. The van der Waals surface area contributed by atoms with Gasteiger partial charge in [-0.3, -0.25) is 9.59 Å². The summed E-state index contributed by atoms with van der Waals surface area (Å²) < 4.78 is 39.7. The Balaban J connectivity index is 1.98. The molecule has 0 N–H and O–H groups in total. The average molecular weight is 324 g/mol. The van der Waals surface area contributed by atoms with Crippen LogP contribution < -0.4 is 0 Å². The highest BCUT2D eigenvalue weighted by Crippen LogP contribution is 2.28. The van der Waals surface area contributed by atoms with Crippen molar-refractivity contribution in [3.8, 4) is 0 Å². The molecule has 1 aromatic heterocycles. The van der Waals surface area contributed by atoms with Gasteiger partial charge < -0.3 is 9.47 Å². The average Bonchev–Trinajstić information content (AvgIpc) is 3.14. The van der Waals surface area contributed by atoms with Gasteiger partial charge in [-0.25, -0.2) is 0 Å². The van der Waals surface area contributed by atoms with Crippen LogP contribution >= 0.6 is 0 Å². The lowest BCUT2D eigenvalue weighted by Crippen LogP contribution is -2.30. The van der Waals surface area contributed by atoms with Crippen LogP contribution in [0.3, 0.4) is 0 Å². The SMILES string of the molecule is O=C(Cn1cc(C(=O)C(F)(F)F)c2ccccc21)N1CCCC1. The molecule has 1 aliphatic rings. The lowest BCUT2D eigenvalue weighted by Gasteiger charge is -2.15. The molecule has 1 saturated heterocycles. The van der Waals surface area contributed by atoms with E-state index in [0.29, 0.717) is 18.6 Å². The van der Waals surface area contributed by atoms with E-state index in [1.807, 2.05) is 0 Å². The van der Waals surface area contributed by atoms with Gasteiger partial charge in [0, 0.05) is 30.2 Å². The number of hydrogen-bond donors (Lipinski definition) is 0. The quantitative estimate of drug-likeness (QED) is 0.815. The van der Waals surface area contributed by atoms with Crippen molar-refractivity contribution >= 4 is 22.6 Å². The summed E-state index contributed by atoms with van der Waals surface area (Å²) in [7, 11) is 0. The molecule has 0 aliphatic carbocycles. The van der Waals surface area contributed by atoms with Crippen LogP contribution in [0.15, 0.2) is 30.5 Å². The second-order valence-electron chi connectivity index (χ2n) is 5.60. The van der Waals surface area contributed by atoms with Gasteiger partial charge in [-0.05, 0) is 18.9 Å². The molecule has 0 saturated carbocycles. The third-order valence-electron chi connectivity index (χ3n) is 4.06. The molecule has 23 heavy (non-hydrogen) atoms. The first-order chi connectivity index (χ1) is 10.9. The molecule has 2 aromatic rings. The molecule has 2 heterocycles. The van der Waals surface area contributed by atoms with E-state index in [4.69, 9.17) is 0 Å². The summed E-state index contributed by atoms with van der Waals surface area (Å²) in [6.07, 6.45) is -1.92. The van der Waals surface area contributed by atoms with Gasteiger partial charge in [-0.2, -0.15) is 13.2 Å². The topological polar surface area (TPSA) is 42.3 Å². The van der Waals surface area contributed by atoms with Gasteiger partial charge >= 0.3 is 6.18 Å². The van der Waals surface area contributed by atoms with Crippen molar-refractivity contribution in [2.75, 3.05) is 13.1 Å². The largest absolute Gasteiger partial charge is 0.454 e. The molecule has 7 heteroatoms. The molecule has 122 valence electrons. The minimum absolute atomic E-state index is 0.0638. The fourth-order valence-corrected chi connectivity index (χ4v) is 2.92. The molecule has 4 nitrogen and oxygen atoms in total. The van der Waals surface area contributed by atoms with Gasteiger partial charge in [-0.1, -0.05) is 18.2 Å². The maximum atomic E-state index is 12.7. The number of halogens is 3. The van der Waals surface area contributed by atoms with Crippen molar-refractivity contribution in [1.82, 2.24) is 9.47 Å². The number of aromatic nitrogens is 1. The molecule has 0 spiro atoms. The fourth-order valence-electron chi connectivity index (χ4n) is 2.92. The lowest BCUT2D eigenvalue weighted by atomic mass is 10.1. The van der Waals surface area contributed by atoms with Crippen molar-refractivity contribution in [2.24, 2.45) is 0 Å². The Morgan fingerprint density at radius 3 is 2.39 bits per heavy atom. The molecule has 0 radical (unpaired) electrons. The highest BCUT2D eigenvalue weighted by molar-refractivity contribution is 6.10. The van der Waals surface area contributed by atoms with E-state index >= 15 is 0 Å². The molecule has 0 atom stereocenters. The fraction of sp³-hybridized carbons (Fsp3) is 0.375. The van der Waals surface area contributed by atoms with Crippen molar-refractivity contribution in [1.29, 1.82) is 0 Å². The number of benzene rings is 1. The number of carbonyl (C=O) groups is 2. The van der Waals surface area contributed by atoms with Crippen molar-refractivity contribution in [3.63, 3.8) is 0 Å². The van der Waals surface area contributed by atoms with Gasteiger partial charge in [-0.15, -0.1) is 0 Å². The molecule has 1 aliphatic heterocycles. The first kappa shape index (κ1) is 15.6. The minimum Gasteiger partial charge on any atom is -0.341 e. The summed E-state index contributed by atoms with van der Waals surface area (Å²) in [5.74, 6) is -2.03. The van der Waals surface area contributed by atoms with Crippen molar-refractivity contribution in [3.05, 3.63) is 36.0 Å². The summed E-state index contributed by atoms with van der Waals surface area (Å²) in [5, 5.41) is 0.212. The van der Waals surface area contributed by atoms with Crippen LogP contribution in [0.5, 0.6) is 0 Å². The van der Waals surface area contributed by atoms with Gasteiger partial charge in [0.1, 0.15) is 6.54 Å². The Kier molecular flexibility index (Phi) is 3.87. The Bertz CT molecular complexity index is 758. The Labute approximate surface area is 130 Å². The molecule has 1 aromatic carbocycles. The van der Waals surface area contributed by atoms with E-state index in [1.54, 1.807) is 23.1 Å². The van der Waals surface area contributed by atoms with E-state index in [0.717, 1.165) is 19.0 Å². The summed E-state index contributed by atoms with van der Waals surface area (Å²) in [4.78, 5) is 25.5. The molecular weight excluding hydrogens is 309 g/mol. The van der Waals surface area contributed by atoms with E-state index in [2.05, 4.69) is 0 Å². The second-order valence-corrected chi connectivity index (χ2v) is 5.60. The third kappa shape index (κ3) is 2.95. The number of para-hydroxylation sites is 1. The molecule has 0 unspecified atom stereocenters. The highest BCUT2D eigenvalue weighted by Gasteiger charge is 2.40. The maximum Gasteiger partial charge on any atom is 0.454 e. The summed E-state index contributed by atoms with van der Waals surface area (Å²) in [5.41, 5.74) is 0.0370. The zero-order valence-electron chi connectivity index (χ0n) is 12.3. The second kappa shape index (κ2) is 5.72. The monoisotopic (exact) mass is 324 g/mol. The Morgan fingerprint density at radius 2 is 1.74 bits per heavy atom. The number of fused-ring (bicyclic) bond motifs is 1. The number of alkyl halides is 3.